The summed E-state index contributed by atoms with van der Waals surface area (Å²) in [5.74, 6) is 0.994. The number of thioether (sulfide) groups is 1. The Balaban J connectivity index is 1.02. The van der Waals surface area contributed by atoms with Crippen molar-refractivity contribution in [1.29, 1.82) is 0 Å². The number of amides is 3. The molecule has 5 aliphatic heterocycles. The summed E-state index contributed by atoms with van der Waals surface area (Å²) in [7, 11) is 0. The van der Waals surface area contributed by atoms with Crippen LogP contribution in [-0.2, 0) is 20.9 Å². The predicted molar refractivity (Wildman–Crippen MR) is 132 cm³/mol. The summed E-state index contributed by atoms with van der Waals surface area (Å²) in [6.45, 7) is 4.09. The maximum absolute atomic E-state index is 12.8. The molecule has 1 aromatic heterocycles. The van der Waals surface area contributed by atoms with E-state index in [0.717, 1.165) is 49.5 Å². The third-order valence-electron chi connectivity index (χ3n) is 7.50. The lowest BCUT2D eigenvalue weighted by molar-refractivity contribution is -0.152. The number of likely N-dealkylation sites (tertiary alicyclic amines) is 1. The fraction of sp³-hybridized carbons (Fsp3) is 0.542. The second-order valence-corrected chi connectivity index (χ2v) is 10.7. The average Bonchev–Trinajstić information content (AvgIpc) is 2.87. The van der Waals surface area contributed by atoms with Gasteiger partial charge in [-0.05, 0) is 44.5 Å². The molecular formula is C24H29N7O3S. The topological polar surface area (TPSA) is 110 Å². The van der Waals surface area contributed by atoms with Crippen LogP contribution >= 0.6 is 11.8 Å². The van der Waals surface area contributed by atoms with E-state index in [1.165, 1.54) is 18.0 Å². The number of aliphatic imine (C=N–C) groups is 1. The second-order valence-electron chi connectivity index (χ2n) is 9.70. The highest BCUT2D eigenvalue weighted by atomic mass is 32.2. The first kappa shape index (κ1) is 22.7. The number of hydrogen-bond donors (Lipinski definition) is 2. The van der Waals surface area contributed by atoms with Crippen molar-refractivity contribution < 1.29 is 14.4 Å². The maximum atomic E-state index is 12.8. The molecule has 35 heavy (non-hydrogen) atoms. The van der Waals surface area contributed by atoms with Crippen LogP contribution in [0.3, 0.4) is 0 Å². The van der Waals surface area contributed by atoms with E-state index in [4.69, 9.17) is 0 Å². The zero-order valence-electron chi connectivity index (χ0n) is 19.4. The lowest BCUT2D eigenvalue weighted by Crippen LogP contribution is -2.69. The van der Waals surface area contributed by atoms with Gasteiger partial charge in [-0.25, -0.2) is 4.98 Å². The molecule has 10 nitrogen and oxygen atoms in total. The third-order valence-corrected chi connectivity index (χ3v) is 8.54. The minimum atomic E-state index is -0.282. The Morgan fingerprint density at radius 1 is 1.09 bits per heavy atom. The van der Waals surface area contributed by atoms with Crippen molar-refractivity contribution in [2.75, 3.05) is 37.2 Å². The van der Waals surface area contributed by atoms with Crippen molar-refractivity contribution in [3.63, 3.8) is 0 Å². The monoisotopic (exact) mass is 495 g/mol. The third kappa shape index (κ3) is 4.48. The summed E-state index contributed by atoms with van der Waals surface area (Å²) in [5.41, 5.74) is 0.927. The van der Waals surface area contributed by atoms with Gasteiger partial charge in [0.2, 0.25) is 11.8 Å². The molecule has 2 N–H and O–H groups in total. The van der Waals surface area contributed by atoms with Gasteiger partial charge in [0.15, 0.2) is 0 Å². The number of hydrogen-bond acceptors (Lipinski definition) is 8. The van der Waals surface area contributed by atoms with Crippen molar-refractivity contribution >= 4 is 41.5 Å². The van der Waals surface area contributed by atoms with E-state index in [1.807, 2.05) is 23.1 Å². The summed E-state index contributed by atoms with van der Waals surface area (Å²) in [5, 5.41) is 6.48. The Morgan fingerprint density at radius 3 is 2.80 bits per heavy atom. The zero-order valence-corrected chi connectivity index (χ0v) is 20.2. The molecule has 0 bridgehead atoms. The normalized spacial score (nSPS) is 28.7. The largest absolute Gasteiger partial charge is 0.316 e. The van der Waals surface area contributed by atoms with E-state index in [-0.39, 0.29) is 36.0 Å². The molecule has 2 fully saturated rings. The van der Waals surface area contributed by atoms with Crippen LogP contribution in [0, 0.1) is 0 Å². The molecule has 0 saturated carbocycles. The first-order valence-corrected chi connectivity index (χ1v) is 13.3. The van der Waals surface area contributed by atoms with Crippen molar-refractivity contribution in [3.8, 4) is 0 Å². The number of carbonyl (C=O) groups excluding carboxylic acids is 3. The van der Waals surface area contributed by atoms with Gasteiger partial charge in [-0.1, -0.05) is 6.08 Å². The van der Waals surface area contributed by atoms with Gasteiger partial charge >= 0.3 is 0 Å². The molecule has 6 rings (SSSR count). The molecule has 0 aliphatic carbocycles. The van der Waals surface area contributed by atoms with Crippen LogP contribution in [0.2, 0.25) is 0 Å². The fourth-order valence-corrected chi connectivity index (χ4v) is 6.45. The first-order valence-electron chi connectivity index (χ1n) is 12.3. The number of piperidine rings is 1. The Kier molecular flexibility index (Phi) is 6.07. The van der Waals surface area contributed by atoms with Gasteiger partial charge in [-0.3, -0.25) is 19.4 Å². The number of pyridine rings is 1. The van der Waals surface area contributed by atoms with Gasteiger partial charge in [0.1, 0.15) is 18.0 Å². The molecule has 2 saturated heterocycles. The number of carbonyl (C=O) groups is 3. The molecule has 3 amide bonds. The molecule has 3 unspecified atom stereocenters. The van der Waals surface area contributed by atoms with E-state index < -0.39 is 0 Å². The number of nitrogens with zero attached hydrogens (tertiary/aromatic N) is 5. The van der Waals surface area contributed by atoms with E-state index in [9.17, 15) is 14.4 Å². The summed E-state index contributed by atoms with van der Waals surface area (Å²) < 4.78 is 0. The molecule has 3 atom stereocenters. The lowest BCUT2D eigenvalue weighted by atomic mass is 9.96. The van der Waals surface area contributed by atoms with Gasteiger partial charge in [0, 0.05) is 37.8 Å². The summed E-state index contributed by atoms with van der Waals surface area (Å²) in [6, 6.07) is 4.39. The van der Waals surface area contributed by atoms with Crippen molar-refractivity contribution in [2.45, 2.75) is 55.0 Å². The van der Waals surface area contributed by atoms with Crippen LogP contribution in [0.15, 0.2) is 34.2 Å². The van der Waals surface area contributed by atoms with E-state index in [1.54, 1.807) is 11.0 Å². The number of nitrogens with one attached hydrogen (secondary N) is 2. The van der Waals surface area contributed by atoms with Gasteiger partial charge in [0.05, 0.1) is 22.6 Å². The van der Waals surface area contributed by atoms with Gasteiger partial charge in [0.25, 0.3) is 5.91 Å². The molecule has 5 aliphatic rings. The Bertz CT molecular complexity index is 1100. The molecular weight excluding hydrogens is 466 g/mol. The highest BCUT2D eigenvalue weighted by Gasteiger charge is 2.47. The number of anilines is 1. The SMILES string of the molecule is O=C1CSc2ccc(CNC3CCN(CC4CCN5C(=O)C=CC6N=CC(=O)N4C65)CC3)nc2N1. The summed E-state index contributed by atoms with van der Waals surface area (Å²) >= 11 is 1.52. The quantitative estimate of drug-likeness (QED) is 0.611. The van der Waals surface area contributed by atoms with Gasteiger partial charge in [-0.15, -0.1) is 11.8 Å². The highest BCUT2D eigenvalue weighted by Crippen LogP contribution is 2.31. The highest BCUT2D eigenvalue weighted by molar-refractivity contribution is 8.00. The average molecular weight is 496 g/mol. The molecule has 0 radical (unpaired) electrons. The van der Waals surface area contributed by atoms with Crippen molar-refractivity contribution in [1.82, 2.24) is 25.0 Å². The zero-order chi connectivity index (χ0) is 23.9. The minimum Gasteiger partial charge on any atom is -0.316 e. The molecule has 0 aromatic carbocycles. The standard InChI is InChI=1S/C24H29N7O3S/c32-20-14-35-19-3-1-16(27-23(19)28-20)11-25-15-5-8-29(9-6-15)13-17-7-10-30-21(33)4-2-18-24(30)31(17)22(34)12-26-18/h1-4,12,15,17-18,24-25H,5-11,13-14H2,(H,27,28,32). The second kappa shape index (κ2) is 9.36. The van der Waals surface area contributed by atoms with Crippen LogP contribution in [0.4, 0.5) is 5.82 Å². The van der Waals surface area contributed by atoms with Crippen LogP contribution in [0.1, 0.15) is 25.0 Å². The van der Waals surface area contributed by atoms with Crippen LogP contribution in [0.5, 0.6) is 0 Å². The van der Waals surface area contributed by atoms with Crippen molar-refractivity contribution in [3.05, 3.63) is 30.0 Å². The maximum Gasteiger partial charge on any atom is 0.266 e. The lowest BCUT2D eigenvalue weighted by Gasteiger charge is -2.52. The molecule has 6 heterocycles. The van der Waals surface area contributed by atoms with Crippen LogP contribution in [-0.4, -0.2) is 99.8 Å². The molecule has 184 valence electrons. The smallest absolute Gasteiger partial charge is 0.266 e. The van der Waals surface area contributed by atoms with E-state index in [0.29, 0.717) is 30.7 Å². The number of aromatic nitrogens is 1. The van der Waals surface area contributed by atoms with Gasteiger partial charge < -0.3 is 25.3 Å². The summed E-state index contributed by atoms with van der Waals surface area (Å²) in [6.07, 6.45) is 7.39. The number of rotatable bonds is 5. The minimum absolute atomic E-state index is 0.00114. The molecule has 11 heteroatoms. The fourth-order valence-electron chi connectivity index (χ4n) is 5.69. The molecule has 0 spiro atoms. The van der Waals surface area contributed by atoms with E-state index in [2.05, 4.69) is 25.5 Å². The first-order chi connectivity index (χ1) is 17.0. The van der Waals surface area contributed by atoms with E-state index >= 15 is 0 Å². The Morgan fingerprint density at radius 2 is 1.94 bits per heavy atom. The van der Waals surface area contributed by atoms with Crippen molar-refractivity contribution in [2.24, 2.45) is 4.99 Å². The van der Waals surface area contributed by atoms with Crippen LogP contribution in [0.25, 0.3) is 0 Å². The molecule has 1 aromatic rings. The predicted octanol–water partition coefficient (Wildman–Crippen LogP) is 0.458. The van der Waals surface area contributed by atoms with Crippen LogP contribution < -0.4 is 10.6 Å². The summed E-state index contributed by atoms with van der Waals surface area (Å²) in [4.78, 5) is 52.9. The Hall–Kier alpha value is -2.76. The number of fused-ring (bicyclic) bond motifs is 1. The Labute approximate surface area is 208 Å². The van der Waals surface area contributed by atoms with Gasteiger partial charge in [-0.2, -0.15) is 0 Å².